The molecule has 6 heteroatoms. The van der Waals surface area contributed by atoms with Crippen molar-refractivity contribution in [2.45, 2.75) is 33.1 Å². The molecule has 3 aromatic rings. The van der Waals surface area contributed by atoms with Crippen molar-refractivity contribution in [3.63, 3.8) is 0 Å². The zero-order valence-corrected chi connectivity index (χ0v) is 14.6. The molecule has 1 N–H and O–H groups in total. The molecular formula is C18H17ClN2O3. The van der Waals surface area contributed by atoms with Crippen molar-refractivity contribution in [2.75, 3.05) is 0 Å². The topological polar surface area (TPSA) is 76.0 Å². The van der Waals surface area contributed by atoms with Crippen LogP contribution in [0.15, 0.2) is 28.8 Å². The number of rotatable bonds is 3. The Morgan fingerprint density at radius 3 is 2.50 bits per heavy atom. The number of hydrogen-bond acceptors (Lipinski definition) is 4. The lowest BCUT2D eigenvalue weighted by atomic mass is 9.87. The average Bonchev–Trinajstić information content (AvgIpc) is 3.05. The first-order valence-corrected chi connectivity index (χ1v) is 7.91. The number of carbonyl (C=O) groups excluding carboxylic acids is 2. The van der Waals surface area contributed by atoms with Crippen LogP contribution in [-0.2, 0) is 10.2 Å². The number of halogens is 1. The van der Waals surface area contributed by atoms with E-state index in [2.05, 4.69) is 10.1 Å². The summed E-state index contributed by atoms with van der Waals surface area (Å²) in [5.74, 6) is -0.174. The minimum absolute atomic E-state index is 0.252. The molecule has 0 aliphatic carbocycles. The van der Waals surface area contributed by atoms with E-state index in [1.807, 2.05) is 32.9 Å². The highest BCUT2D eigenvalue weighted by Crippen LogP contribution is 2.39. The monoisotopic (exact) mass is 344 g/mol. The van der Waals surface area contributed by atoms with Crippen LogP contribution in [0.25, 0.3) is 22.2 Å². The lowest BCUT2D eigenvalue weighted by Crippen LogP contribution is -2.14. The Labute approximate surface area is 144 Å². The van der Waals surface area contributed by atoms with Gasteiger partial charge in [0.05, 0.1) is 22.5 Å². The molecule has 0 atom stereocenters. The summed E-state index contributed by atoms with van der Waals surface area (Å²) in [6, 6.07) is 7.28. The van der Waals surface area contributed by atoms with Crippen LogP contribution >= 0.6 is 11.6 Å². The maximum Gasteiger partial charge on any atom is 0.293 e. The fourth-order valence-electron chi connectivity index (χ4n) is 2.84. The summed E-state index contributed by atoms with van der Waals surface area (Å²) in [4.78, 5) is 27.2. The molecule has 0 unspecified atom stereocenters. The van der Waals surface area contributed by atoms with Gasteiger partial charge in [-0.1, -0.05) is 44.1 Å². The normalized spacial score (nSPS) is 11.9. The maximum atomic E-state index is 12.5. The number of hydrogen-bond donors (Lipinski definition) is 1. The molecule has 0 aliphatic heterocycles. The molecule has 0 bridgehead atoms. The molecule has 0 spiro atoms. The number of Topliss-reactive ketones (excluding diaryl/α,β-unsaturated/α-hetero) is 1. The summed E-state index contributed by atoms with van der Waals surface area (Å²) in [7, 11) is 0. The predicted octanol–water partition coefficient (Wildman–Crippen LogP) is 4.38. The van der Waals surface area contributed by atoms with Crippen molar-refractivity contribution >= 4 is 33.5 Å². The van der Waals surface area contributed by atoms with Crippen LogP contribution in [0.2, 0.25) is 0 Å². The first-order valence-electron chi connectivity index (χ1n) is 7.53. The minimum atomic E-state index is -1.02. The van der Waals surface area contributed by atoms with E-state index in [1.165, 1.54) is 0 Å². The predicted molar refractivity (Wildman–Crippen MR) is 92.4 cm³/mol. The van der Waals surface area contributed by atoms with E-state index in [1.54, 1.807) is 19.1 Å². The Kier molecular flexibility index (Phi) is 3.84. The standard InChI is InChI=1S/C18H17ClN2O3/c1-9-12(16(21-24-9)18(2,3)4)14-13(15(22)17(19)23)10-7-5-6-8-11(10)20-14/h5-8,20H,1-4H3. The van der Waals surface area contributed by atoms with Gasteiger partial charge in [-0.05, 0) is 24.6 Å². The second kappa shape index (κ2) is 5.60. The Balaban J connectivity index is 2.40. The third kappa shape index (κ3) is 2.55. The van der Waals surface area contributed by atoms with Crippen LogP contribution in [-0.4, -0.2) is 21.2 Å². The SMILES string of the molecule is Cc1onc(C(C)(C)C)c1-c1[nH]c2ccccc2c1C(=O)C(=O)Cl. The molecule has 0 aliphatic rings. The lowest BCUT2D eigenvalue weighted by molar-refractivity contribution is -0.108. The van der Waals surface area contributed by atoms with Crippen molar-refractivity contribution < 1.29 is 14.1 Å². The molecule has 0 fully saturated rings. The number of aromatic amines is 1. The van der Waals surface area contributed by atoms with Gasteiger partial charge >= 0.3 is 0 Å². The summed E-state index contributed by atoms with van der Waals surface area (Å²) >= 11 is 5.48. The van der Waals surface area contributed by atoms with Crippen molar-refractivity contribution in [2.24, 2.45) is 0 Å². The number of carbonyl (C=O) groups is 2. The average molecular weight is 345 g/mol. The molecule has 2 heterocycles. The van der Waals surface area contributed by atoms with Gasteiger partial charge in [-0.25, -0.2) is 0 Å². The molecule has 1 aromatic carbocycles. The number of fused-ring (bicyclic) bond motifs is 1. The number of ketones is 1. The molecule has 5 nitrogen and oxygen atoms in total. The van der Waals surface area contributed by atoms with E-state index in [4.69, 9.17) is 16.1 Å². The molecule has 124 valence electrons. The Hall–Kier alpha value is -2.40. The van der Waals surface area contributed by atoms with Gasteiger partial charge in [0.2, 0.25) is 5.78 Å². The highest BCUT2D eigenvalue weighted by Gasteiger charge is 2.31. The Bertz CT molecular complexity index is 960. The van der Waals surface area contributed by atoms with Gasteiger partial charge in [-0.3, -0.25) is 9.59 Å². The second-order valence-electron chi connectivity index (χ2n) is 6.74. The smallest absolute Gasteiger partial charge is 0.293 e. The van der Waals surface area contributed by atoms with Crippen LogP contribution in [0, 0.1) is 6.92 Å². The third-order valence-electron chi connectivity index (χ3n) is 3.93. The van der Waals surface area contributed by atoms with E-state index >= 15 is 0 Å². The number of H-pyrrole nitrogens is 1. The van der Waals surface area contributed by atoms with Crippen molar-refractivity contribution in [1.82, 2.24) is 10.1 Å². The Morgan fingerprint density at radius 2 is 1.88 bits per heavy atom. The molecule has 24 heavy (non-hydrogen) atoms. The number of para-hydroxylation sites is 1. The zero-order chi connectivity index (χ0) is 17.6. The number of nitrogens with zero attached hydrogens (tertiary/aromatic N) is 1. The minimum Gasteiger partial charge on any atom is -0.361 e. The van der Waals surface area contributed by atoms with Gasteiger partial charge in [0.1, 0.15) is 5.76 Å². The number of aryl methyl sites for hydroxylation is 1. The zero-order valence-electron chi connectivity index (χ0n) is 13.9. The van der Waals surface area contributed by atoms with Crippen molar-refractivity contribution in [1.29, 1.82) is 0 Å². The number of benzene rings is 1. The van der Waals surface area contributed by atoms with Crippen LogP contribution in [0.5, 0.6) is 0 Å². The second-order valence-corrected chi connectivity index (χ2v) is 7.08. The van der Waals surface area contributed by atoms with E-state index < -0.39 is 11.0 Å². The summed E-state index contributed by atoms with van der Waals surface area (Å²) in [5, 5.41) is 3.78. The van der Waals surface area contributed by atoms with E-state index in [9.17, 15) is 9.59 Å². The molecule has 2 aromatic heterocycles. The number of aromatic nitrogens is 2. The fraction of sp³-hybridized carbons (Fsp3) is 0.278. The molecule has 0 saturated carbocycles. The highest BCUT2D eigenvalue weighted by molar-refractivity contribution is 6.83. The molecule has 0 saturated heterocycles. The first kappa shape index (κ1) is 16.5. The van der Waals surface area contributed by atoms with Crippen LogP contribution in [0.1, 0.15) is 42.6 Å². The summed E-state index contributed by atoms with van der Waals surface area (Å²) in [5.41, 5.74) is 2.62. The Morgan fingerprint density at radius 1 is 1.21 bits per heavy atom. The van der Waals surface area contributed by atoms with Crippen LogP contribution in [0.3, 0.4) is 0 Å². The van der Waals surface area contributed by atoms with E-state index in [0.29, 0.717) is 28.1 Å². The summed E-state index contributed by atoms with van der Waals surface area (Å²) < 4.78 is 5.37. The quantitative estimate of drug-likeness (QED) is 0.434. The maximum absolute atomic E-state index is 12.5. The molecule has 0 radical (unpaired) electrons. The van der Waals surface area contributed by atoms with Crippen LogP contribution in [0.4, 0.5) is 0 Å². The fourth-order valence-corrected chi connectivity index (χ4v) is 2.94. The van der Waals surface area contributed by atoms with E-state index in [-0.39, 0.29) is 11.0 Å². The van der Waals surface area contributed by atoms with Gasteiger partial charge in [0, 0.05) is 16.3 Å². The van der Waals surface area contributed by atoms with Crippen molar-refractivity contribution in [3.8, 4) is 11.3 Å². The van der Waals surface area contributed by atoms with Crippen LogP contribution < -0.4 is 0 Å². The first-order chi connectivity index (χ1) is 11.2. The molecule has 0 amide bonds. The van der Waals surface area contributed by atoms with Gasteiger partial charge in [-0.15, -0.1) is 0 Å². The van der Waals surface area contributed by atoms with Gasteiger partial charge in [0.15, 0.2) is 0 Å². The largest absolute Gasteiger partial charge is 0.361 e. The summed E-state index contributed by atoms with van der Waals surface area (Å²) in [6.45, 7) is 7.79. The van der Waals surface area contributed by atoms with E-state index in [0.717, 1.165) is 5.52 Å². The lowest BCUT2D eigenvalue weighted by Gasteiger charge is -2.16. The third-order valence-corrected chi connectivity index (χ3v) is 4.11. The highest BCUT2D eigenvalue weighted by atomic mass is 35.5. The number of nitrogens with one attached hydrogen (secondary N) is 1. The van der Waals surface area contributed by atoms with Crippen molar-refractivity contribution in [3.05, 3.63) is 41.3 Å². The molecule has 3 rings (SSSR count). The van der Waals surface area contributed by atoms with Gasteiger partial charge in [0.25, 0.3) is 5.24 Å². The van der Waals surface area contributed by atoms with Gasteiger partial charge in [-0.2, -0.15) is 0 Å². The van der Waals surface area contributed by atoms with Gasteiger partial charge < -0.3 is 9.51 Å². The molecular weight excluding hydrogens is 328 g/mol. The summed E-state index contributed by atoms with van der Waals surface area (Å²) in [6.07, 6.45) is 0.